The first-order valence-electron chi connectivity index (χ1n) is 13.6. The number of aromatic nitrogens is 3. The number of rotatable bonds is 14. The molecule has 1 N–H and O–H groups in total. The van der Waals surface area contributed by atoms with Gasteiger partial charge in [0.25, 0.3) is 5.56 Å². The highest BCUT2D eigenvalue weighted by Gasteiger charge is 2.30. The average Bonchev–Trinajstić information content (AvgIpc) is 2.95. The molecule has 0 saturated carbocycles. The number of anilines is 1. The number of amides is 1. The minimum absolute atomic E-state index is 0.0516. The smallest absolute Gasteiger partial charge is 0.260 e. The van der Waals surface area contributed by atoms with E-state index < -0.39 is 0 Å². The number of pyridine rings is 1. The Morgan fingerprint density at radius 3 is 2.44 bits per heavy atom. The number of methoxy groups -OCH3 is 3. The molecular formula is C29H36Cl2N6O6. The van der Waals surface area contributed by atoms with E-state index in [4.69, 9.17) is 42.1 Å². The zero-order valence-corrected chi connectivity index (χ0v) is 26.4. The molecule has 0 unspecified atom stereocenters. The van der Waals surface area contributed by atoms with Crippen LogP contribution in [0.15, 0.2) is 35.3 Å². The van der Waals surface area contributed by atoms with Crippen molar-refractivity contribution >= 4 is 46.1 Å². The van der Waals surface area contributed by atoms with Crippen LogP contribution in [0.25, 0.3) is 22.2 Å². The summed E-state index contributed by atoms with van der Waals surface area (Å²) in [4.78, 5) is 39.1. The molecule has 0 atom stereocenters. The third kappa shape index (κ3) is 7.57. The number of likely N-dealkylation sites (tertiary alicyclic amines) is 1. The van der Waals surface area contributed by atoms with Gasteiger partial charge in [-0.1, -0.05) is 29.3 Å². The Labute approximate surface area is 260 Å². The van der Waals surface area contributed by atoms with Crippen LogP contribution in [0.5, 0.6) is 11.5 Å². The van der Waals surface area contributed by atoms with Crippen LogP contribution in [0.2, 0.25) is 10.0 Å². The molecule has 4 rings (SSSR count). The third-order valence-corrected chi connectivity index (χ3v) is 7.57. The van der Waals surface area contributed by atoms with Gasteiger partial charge in [-0.05, 0) is 20.2 Å². The number of carbonyl (C=O) groups excluding carboxylic acids is 1. The maximum Gasteiger partial charge on any atom is 0.260 e. The average molecular weight is 636 g/mol. The second kappa shape index (κ2) is 14.8. The van der Waals surface area contributed by atoms with E-state index in [1.165, 1.54) is 18.8 Å². The molecule has 3 aromatic rings. The van der Waals surface area contributed by atoms with Gasteiger partial charge in [-0.3, -0.25) is 14.2 Å². The molecule has 12 nitrogen and oxygen atoms in total. The van der Waals surface area contributed by atoms with E-state index in [1.54, 1.807) is 36.4 Å². The zero-order chi connectivity index (χ0) is 31.1. The lowest BCUT2D eigenvalue weighted by Gasteiger charge is -2.38. The van der Waals surface area contributed by atoms with Crippen LogP contribution in [0.4, 0.5) is 5.95 Å². The molecule has 1 amide bonds. The van der Waals surface area contributed by atoms with Gasteiger partial charge < -0.3 is 34.1 Å². The van der Waals surface area contributed by atoms with E-state index in [-0.39, 0.29) is 51.9 Å². The van der Waals surface area contributed by atoms with Crippen molar-refractivity contribution in [1.82, 2.24) is 24.3 Å². The predicted molar refractivity (Wildman–Crippen MR) is 167 cm³/mol. The first kappa shape index (κ1) is 32.5. The highest BCUT2D eigenvalue weighted by atomic mass is 35.5. The number of ether oxygens (including phenoxy) is 4. The molecule has 3 heterocycles. The summed E-state index contributed by atoms with van der Waals surface area (Å²) in [6.45, 7) is 2.98. The quantitative estimate of drug-likeness (QED) is 0.209. The minimum atomic E-state index is -0.381. The zero-order valence-electron chi connectivity index (χ0n) is 24.9. The molecule has 232 valence electrons. The van der Waals surface area contributed by atoms with Crippen LogP contribution in [-0.2, 0) is 20.8 Å². The first-order valence-corrected chi connectivity index (χ1v) is 14.4. The summed E-state index contributed by atoms with van der Waals surface area (Å²) in [5.74, 6) is 0.911. The Hall–Kier alpha value is -3.42. The van der Waals surface area contributed by atoms with Crippen molar-refractivity contribution in [2.75, 3.05) is 80.1 Å². The summed E-state index contributed by atoms with van der Waals surface area (Å²) in [7, 11) is 8.41. The molecule has 0 aliphatic carbocycles. The molecule has 0 spiro atoms. The summed E-state index contributed by atoms with van der Waals surface area (Å²) < 4.78 is 23.5. The fourth-order valence-corrected chi connectivity index (χ4v) is 5.23. The first-order chi connectivity index (χ1) is 20.7. The van der Waals surface area contributed by atoms with Crippen LogP contribution in [0, 0.1) is 0 Å². The van der Waals surface area contributed by atoms with Crippen LogP contribution in [0.1, 0.15) is 0 Å². The van der Waals surface area contributed by atoms with Crippen molar-refractivity contribution in [3.8, 4) is 22.6 Å². The summed E-state index contributed by atoms with van der Waals surface area (Å²) >= 11 is 13.4. The Bertz CT molecular complexity index is 1510. The fraction of sp³-hybridized carbons (Fsp3) is 0.448. The monoisotopic (exact) mass is 634 g/mol. The van der Waals surface area contributed by atoms with Crippen molar-refractivity contribution in [2.24, 2.45) is 0 Å². The van der Waals surface area contributed by atoms with Crippen LogP contribution < -0.4 is 20.3 Å². The maximum absolute atomic E-state index is 14.1. The maximum atomic E-state index is 14.1. The lowest BCUT2D eigenvalue weighted by Crippen LogP contribution is -2.54. The van der Waals surface area contributed by atoms with Gasteiger partial charge in [-0.2, -0.15) is 4.98 Å². The van der Waals surface area contributed by atoms with E-state index in [0.717, 1.165) is 0 Å². The third-order valence-electron chi connectivity index (χ3n) is 6.82. The van der Waals surface area contributed by atoms with Gasteiger partial charge in [0.1, 0.15) is 17.1 Å². The number of nitrogens with one attached hydrogen (secondary N) is 1. The van der Waals surface area contributed by atoms with Crippen LogP contribution >= 0.6 is 23.2 Å². The van der Waals surface area contributed by atoms with Gasteiger partial charge in [0.2, 0.25) is 11.9 Å². The molecule has 1 fully saturated rings. The largest absolute Gasteiger partial charge is 0.495 e. The van der Waals surface area contributed by atoms with Gasteiger partial charge in [-0.15, -0.1) is 0 Å². The molecule has 0 radical (unpaired) electrons. The molecule has 1 saturated heterocycles. The number of halogens is 2. The topological polar surface area (TPSA) is 120 Å². The molecule has 2 aromatic heterocycles. The molecular weight excluding hydrogens is 599 g/mol. The summed E-state index contributed by atoms with van der Waals surface area (Å²) in [6.07, 6.45) is 4.90. The molecule has 1 aliphatic heterocycles. The van der Waals surface area contributed by atoms with Gasteiger partial charge >= 0.3 is 0 Å². The standard InChI is InChI=1S/C29H36Cl2N6O6/c1-35(2)9-6-7-23(38)36-16-19(17-36)43-12-10-37-27-18(15-33-29(34-27)32-8-11-40-3)13-20(28(37)39)24-25(30)21(41-4)14-22(42-5)26(24)31/h6-7,13-15,19H,8-12,16-17H2,1-5H3,(H,32,33,34). The Morgan fingerprint density at radius 2 is 1.81 bits per heavy atom. The van der Waals surface area contributed by atoms with E-state index >= 15 is 0 Å². The van der Waals surface area contributed by atoms with Crippen molar-refractivity contribution in [2.45, 2.75) is 12.6 Å². The van der Waals surface area contributed by atoms with E-state index in [0.29, 0.717) is 61.3 Å². The second-order valence-corrected chi connectivity index (χ2v) is 10.8. The SMILES string of the molecule is COCCNc1ncc2cc(-c3c(Cl)c(OC)cc(OC)c3Cl)c(=O)n(CCOC3CN(C(=O)C=CCN(C)C)C3)c2n1. The van der Waals surface area contributed by atoms with Crippen LogP contribution in [-0.4, -0.2) is 111 Å². The van der Waals surface area contributed by atoms with Gasteiger partial charge in [0.05, 0.1) is 55.7 Å². The van der Waals surface area contributed by atoms with Crippen molar-refractivity contribution in [1.29, 1.82) is 0 Å². The number of likely N-dealkylation sites (N-methyl/N-ethyl adjacent to an activating group) is 1. The molecule has 0 bridgehead atoms. The van der Waals surface area contributed by atoms with Crippen molar-refractivity contribution in [3.63, 3.8) is 0 Å². The number of carbonyl (C=O) groups is 1. The predicted octanol–water partition coefficient (Wildman–Crippen LogP) is 3.19. The highest BCUT2D eigenvalue weighted by molar-refractivity contribution is 6.41. The molecule has 1 aliphatic rings. The summed E-state index contributed by atoms with van der Waals surface area (Å²) in [5.41, 5.74) is 0.534. The van der Waals surface area contributed by atoms with E-state index in [9.17, 15) is 9.59 Å². The highest BCUT2D eigenvalue weighted by Crippen LogP contribution is 2.45. The number of fused-ring (bicyclic) bond motifs is 1. The summed E-state index contributed by atoms with van der Waals surface area (Å²) in [5, 5.41) is 4.02. The molecule has 1 aromatic carbocycles. The van der Waals surface area contributed by atoms with Crippen LogP contribution in [0.3, 0.4) is 0 Å². The van der Waals surface area contributed by atoms with E-state index in [1.807, 2.05) is 25.1 Å². The number of benzene rings is 1. The number of hydrogen-bond donors (Lipinski definition) is 1. The van der Waals surface area contributed by atoms with Gasteiger partial charge in [0, 0.05) is 62.6 Å². The Morgan fingerprint density at radius 1 is 1.12 bits per heavy atom. The molecule has 43 heavy (non-hydrogen) atoms. The normalized spacial score (nSPS) is 13.6. The second-order valence-electron chi connectivity index (χ2n) is 10.1. The lowest BCUT2D eigenvalue weighted by molar-refractivity contribution is -0.139. The fourth-order valence-electron chi connectivity index (χ4n) is 4.52. The van der Waals surface area contributed by atoms with Gasteiger partial charge in [-0.25, -0.2) is 4.98 Å². The Balaban J connectivity index is 1.62. The van der Waals surface area contributed by atoms with Crippen molar-refractivity contribution in [3.05, 3.63) is 50.9 Å². The van der Waals surface area contributed by atoms with Gasteiger partial charge in [0.15, 0.2) is 0 Å². The summed E-state index contributed by atoms with van der Waals surface area (Å²) in [6, 6.07) is 3.21. The minimum Gasteiger partial charge on any atom is -0.495 e. The van der Waals surface area contributed by atoms with E-state index in [2.05, 4.69) is 15.3 Å². The molecule has 14 heteroatoms. The van der Waals surface area contributed by atoms with Crippen molar-refractivity contribution < 1.29 is 23.7 Å². The number of nitrogens with zero attached hydrogens (tertiary/aromatic N) is 5. The lowest BCUT2D eigenvalue weighted by atomic mass is 10.0. The Kier molecular flexibility index (Phi) is 11.2. The number of hydrogen-bond acceptors (Lipinski definition) is 10.